The molecular weight excluding hydrogens is 206 g/mol. The molecule has 0 bridgehead atoms. The van der Waals surface area contributed by atoms with E-state index in [0.717, 1.165) is 6.42 Å². The molecule has 86 valence electrons. The van der Waals surface area contributed by atoms with Crippen molar-refractivity contribution in [2.75, 3.05) is 5.73 Å². The van der Waals surface area contributed by atoms with Gasteiger partial charge in [0.05, 0.1) is 0 Å². The van der Waals surface area contributed by atoms with Gasteiger partial charge >= 0.3 is 0 Å². The summed E-state index contributed by atoms with van der Waals surface area (Å²) in [5.74, 6) is 0.420. The molecule has 1 aliphatic carbocycles. The van der Waals surface area contributed by atoms with Crippen molar-refractivity contribution in [3.8, 4) is 0 Å². The lowest BCUT2D eigenvalue weighted by atomic mass is 10.4. The third kappa shape index (κ3) is 2.42. The van der Waals surface area contributed by atoms with Gasteiger partial charge in [0.15, 0.2) is 0 Å². The number of carbonyl (C=O) groups is 1. The van der Waals surface area contributed by atoms with Gasteiger partial charge in [0.1, 0.15) is 6.54 Å². The number of nitrogens with zero attached hydrogens (tertiary/aromatic N) is 1. The topological polar surface area (TPSA) is 77.1 Å². The van der Waals surface area contributed by atoms with Gasteiger partial charge in [0.2, 0.25) is 5.91 Å². The number of carbonyl (C=O) groups excluding carboxylic acids is 1. The molecule has 1 amide bonds. The van der Waals surface area contributed by atoms with Crippen LogP contribution < -0.4 is 16.6 Å². The summed E-state index contributed by atoms with van der Waals surface area (Å²) in [5, 5.41) is 2.86. The molecule has 1 aliphatic rings. The average molecular weight is 221 g/mol. The molecule has 0 saturated heterocycles. The van der Waals surface area contributed by atoms with Gasteiger partial charge in [-0.25, -0.2) is 0 Å². The highest BCUT2D eigenvalue weighted by Crippen LogP contribution is 2.28. The summed E-state index contributed by atoms with van der Waals surface area (Å²) in [6, 6.07) is 3.17. The van der Waals surface area contributed by atoms with Crippen LogP contribution >= 0.6 is 0 Å². The van der Waals surface area contributed by atoms with Crippen molar-refractivity contribution in [1.82, 2.24) is 9.88 Å². The molecule has 5 nitrogen and oxygen atoms in total. The van der Waals surface area contributed by atoms with Crippen LogP contribution in [0.4, 0.5) is 5.69 Å². The molecule has 3 N–H and O–H groups in total. The molecule has 1 aromatic rings. The van der Waals surface area contributed by atoms with Crippen molar-refractivity contribution in [3.05, 3.63) is 28.7 Å². The molecule has 0 radical (unpaired) electrons. The third-order valence-corrected chi connectivity index (χ3v) is 2.78. The second-order valence-electron chi connectivity index (χ2n) is 4.32. The summed E-state index contributed by atoms with van der Waals surface area (Å²) in [7, 11) is 0. The van der Waals surface area contributed by atoms with Crippen LogP contribution in [-0.2, 0) is 11.3 Å². The number of amides is 1. The predicted octanol–water partition coefficient (Wildman–Crippen LogP) is -0.0449. The fourth-order valence-corrected chi connectivity index (χ4v) is 1.60. The number of hydrogen-bond acceptors (Lipinski definition) is 3. The Labute approximate surface area is 93.3 Å². The Morgan fingerprint density at radius 2 is 2.31 bits per heavy atom. The number of nitrogen functional groups attached to an aromatic ring is 1. The molecule has 2 atom stereocenters. The van der Waals surface area contributed by atoms with Crippen molar-refractivity contribution in [2.24, 2.45) is 5.92 Å². The van der Waals surface area contributed by atoms with Crippen LogP contribution in [0.5, 0.6) is 0 Å². The van der Waals surface area contributed by atoms with Crippen molar-refractivity contribution in [2.45, 2.75) is 25.9 Å². The number of rotatable bonds is 3. The van der Waals surface area contributed by atoms with Crippen LogP contribution in [0.25, 0.3) is 0 Å². The quantitative estimate of drug-likeness (QED) is 0.751. The molecule has 0 aliphatic heterocycles. The van der Waals surface area contributed by atoms with E-state index in [0.29, 0.717) is 11.6 Å². The van der Waals surface area contributed by atoms with Gasteiger partial charge in [0, 0.05) is 24.0 Å². The zero-order valence-corrected chi connectivity index (χ0v) is 9.14. The van der Waals surface area contributed by atoms with E-state index in [2.05, 4.69) is 12.2 Å². The van der Waals surface area contributed by atoms with Gasteiger partial charge in [0.25, 0.3) is 5.56 Å². The van der Waals surface area contributed by atoms with Gasteiger partial charge in [-0.2, -0.15) is 0 Å². The molecule has 2 rings (SSSR count). The molecule has 16 heavy (non-hydrogen) atoms. The van der Waals surface area contributed by atoms with Crippen LogP contribution in [-0.4, -0.2) is 16.5 Å². The molecule has 5 heteroatoms. The molecule has 1 saturated carbocycles. The maximum Gasteiger partial charge on any atom is 0.251 e. The van der Waals surface area contributed by atoms with E-state index in [1.165, 1.54) is 22.9 Å². The number of nitrogens with one attached hydrogen (secondary N) is 1. The second-order valence-corrected chi connectivity index (χ2v) is 4.32. The number of anilines is 1. The van der Waals surface area contributed by atoms with E-state index in [1.807, 2.05) is 0 Å². The summed E-state index contributed by atoms with van der Waals surface area (Å²) in [4.78, 5) is 23.0. The first-order valence-corrected chi connectivity index (χ1v) is 5.31. The Hall–Kier alpha value is -1.78. The number of nitrogens with two attached hydrogens (primary N) is 1. The van der Waals surface area contributed by atoms with Gasteiger partial charge in [-0.15, -0.1) is 0 Å². The SMILES string of the molecule is CC1CC1NC(=O)Cn1cc(N)ccc1=O. The Balaban J connectivity index is 2.00. The monoisotopic (exact) mass is 221 g/mol. The van der Waals surface area contributed by atoms with Gasteiger partial charge in [-0.05, 0) is 18.4 Å². The maximum atomic E-state index is 11.6. The van der Waals surface area contributed by atoms with Crippen LogP contribution in [0.3, 0.4) is 0 Å². The first-order valence-electron chi connectivity index (χ1n) is 5.31. The molecule has 0 aromatic carbocycles. The van der Waals surface area contributed by atoms with Crippen LogP contribution in [0, 0.1) is 5.92 Å². The van der Waals surface area contributed by atoms with E-state index >= 15 is 0 Å². The third-order valence-electron chi connectivity index (χ3n) is 2.78. The van der Waals surface area contributed by atoms with Crippen molar-refractivity contribution >= 4 is 11.6 Å². The van der Waals surface area contributed by atoms with Crippen LogP contribution in [0.1, 0.15) is 13.3 Å². The lowest BCUT2D eigenvalue weighted by molar-refractivity contribution is -0.121. The zero-order valence-electron chi connectivity index (χ0n) is 9.14. The van der Waals surface area contributed by atoms with Crippen LogP contribution in [0.2, 0.25) is 0 Å². The summed E-state index contributed by atoms with van der Waals surface area (Å²) in [5.41, 5.74) is 5.81. The van der Waals surface area contributed by atoms with E-state index in [-0.39, 0.29) is 24.1 Å². The average Bonchev–Trinajstić information content (AvgIpc) is 2.88. The van der Waals surface area contributed by atoms with E-state index in [9.17, 15) is 9.59 Å². The van der Waals surface area contributed by atoms with Crippen molar-refractivity contribution < 1.29 is 4.79 Å². The lowest BCUT2D eigenvalue weighted by Gasteiger charge is -2.07. The second kappa shape index (κ2) is 4.00. The highest BCUT2D eigenvalue weighted by atomic mass is 16.2. The number of aromatic nitrogens is 1. The summed E-state index contributed by atoms with van der Waals surface area (Å²) in [6.45, 7) is 2.12. The van der Waals surface area contributed by atoms with Gasteiger partial charge < -0.3 is 15.6 Å². The fourth-order valence-electron chi connectivity index (χ4n) is 1.60. The largest absolute Gasteiger partial charge is 0.398 e. The number of hydrogen-bond donors (Lipinski definition) is 2. The summed E-state index contributed by atoms with van der Waals surface area (Å²) < 4.78 is 1.32. The fraction of sp³-hybridized carbons (Fsp3) is 0.455. The minimum Gasteiger partial charge on any atom is -0.398 e. The van der Waals surface area contributed by atoms with Gasteiger partial charge in [-0.3, -0.25) is 9.59 Å². The lowest BCUT2D eigenvalue weighted by Crippen LogP contribution is -2.33. The molecular formula is C11H15N3O2. The van der Waals surface area contributed by atoms with Crippen molar-refractivity contribution in [3.63, 3.8) is 0 Å². The zero-order chi connectivity index (χ0) is 11.7. The molecule has 2 unspecified atom stereocenters. The molecule has 0 spiro atoms. The Morgan fingerprint density at radius 3 is 2.94 bits per heavy atom. The Kier molecular flexibility index (Phi) is 2.68. The first kappa shape index (κ1) is 10.7. The minimum atomic E-state index is -0.215. The molecule has 1 fully saturated rings. The Morgan fingerprint density at radius 1 is 1.62 bits per heavy atom. The Bertz CT molecular complexity index is 467. The predicted molar refractivity (Wildman–Crippen MR) is 60.8 cm³/mol. The van der Waals surface area contributed by atoms with Crippen LogP contribution in [0.15, 0.2) is 23.1 Å². The smallest absolute Gasteiger partial charge is 0.251 e. The molecule has 1 aromatic heterocycles. The highest BCUT2D eigenvalue weighted by Gasteiger charge is 2.33. The number of pyridine rings is 1. The summed E-state index contributed by atoms with van der Waals surface area (Å²) >= 11 is 0. The van der Waals surface area contributed by atoms with E-state index < -0.39 is 0 Å². The maximum absolute atomic E-state index is 11.6. The minimum absolute atomic E-state index is 0.0348. The van der Waals surface area contributed by atoms with E-state index in [4.69, 9.17) is 5.73 Å². The normalized spacial score (nSPS) is 22.8. The molecule has 1 heterocycles. The van der Waals surface area contributed by atoms with Gasteiger partial charge in [-0.1, -0.05) is 6.92 Å². The standard InChI is InChI=1S/C11H15N3O2/c1-7-4-9(7)13-10(15)6-14-5-8(12)2-3-11(14)16/h2-3,5,7,9H,4,6,12H2,1H3,(H,13,15). The highest BCUT2D eigenvalue weighted by molar-refractivity contribution is 5.76. The summed E-state index contributed by atoms with van der Waals surface area (Å²) in [6.07, 6.45) is 2.51. The van der Waals surface area contributed by atoms with Crippen molar-refractivity contribution in [1.29, 1.82) is 0 Å². The first-order chi connectivity index (χ1) is 7.56. The van der Waals surface area contributed by atoms with E-state index in [1.54, 1.807) is 0 Å².